The number of hydrogen-bond donors (Lipinski definition) is 2. The van der Waals surface area contributed by atoms with Gasteiger partial charge in [0.25, 0.3) is 0 Å². The second kappa shape index (κ2) is 5.93. The maximum absolute atomic E-state index is 13.1. The van der Waals surface area contributed by atoms with Crippen LogP contribution >= 0.6 is 0 Å². The van der Waals surface area contributed by atoms with Crippen molar-refractivity contribution in [3.8, 4) is 0 Å². The Kier molecular flexibility index (Phi) is 4.41. The quantitative estimate of drug-likeness (QED) is 0.664. The Balaban J connectivity index is 2.28. The average Bonchev–Trinajstić information content (AvgIpc) is 2.45. The van der Waals surface area contributed by atoms with Crippen LogP contribution in [0.5, 0.6) is 0 Å². The number of nitrogens with one attached hydrogen (secondary N) is 1. The number of amidine groups is 1. The van der Waals surface area contributed by atoms with Gasteiger partial charge in [0.05, 0.1) is 5.56 Å². The molecular weight excluding hydrogens is 281 g/mol. The minimum absolute atomic E-state index is 0.265. The Bertz CT molecular complexity index is 519. The molecule has 7 heteroatoms. The lowest BCUT2D eigenvalue weighted by Crippen LogP contribution is -2.46. The van der Waals surface area contributed by atoms with Crippen LogP contribution in [-0.2, 0) is 6.18 Å². The summed E-state index contributed by atoms with van der Waals surface area (Å²) in [5.41, 5.74) is 4.66. The van der Waals surface area contributed by atoms with E-state index in [9.17, 15) is 13.2 Å². The van der Waals surface area contributed by atoms with Gasteiger partial charge in [-0.2, -0.15) is 13.2 Å². The van der Waals surface area contributed by atoms with Crippen molar-refractivity contribution in [1.82, 2.24) is 4.90 Å². The van der Waals surface area contributed by atoms with Crippen molar-refractivity contribution in [2.75, 3.05) is 37.6 Å². The highest BCUT2D eigenvalue weighted by molar-refractivity contribution is 5.97. The Morgan fingerprint density at radius 1 is 1.24 bits per heavy atom. The van der Waals surface area contributed by atoms with Crippen LogP contribution in [0.2, 0.25) is 0 Å². The molecule has 0 amide bonds. The standard InChI is InChI=1S/C14H19F3N4/c1-2-20-5-7-21(8-6-20)10-3-4-11(13(18)19)12(9-10)14(15,16)17/h3-4,9H,2,5-8H2,1H3,(H3,18,19). The first-order valence-electron chi connectivity index (χ1n) is 6.86. The van der Waals surface area contributed by atoms with Gasteiger partial charge in [-0.15, -0.1) is 0 Å². The fourth-order valence-electron chi connectivity index (χ4n) is 2.52. The number of nitrogen functional groups attached to an aromatic ring is 1. The summed E-state index contributed by atoms with van der Waals surface area (Å²) >= 11 is 0. The Labute approximate surface area is 121 Å². The van der Waals surface area contributed by atoms with Crippen molar-refractivity contribution in [3.05, 3.63) is 29.3 Å². The Morgan fingerprint density at radius 3 is 2.33 bits per heavy atom. The predicted molar refractivity (Wildman–Crippen MR) is 76.8 cm³/mol. The maximum Gasteiger partial charge on any atom is 0.417 e. The van der Waals surface area contributed by atoms with Crippen LogP contribution in [0.3, 0.4) is 0 Å². The summed E-state index contributed by atoms with van der Waals surface area (Å²) in [6, 6.07) is 3.98. The number of nitrogens with zero attached hydrogens (tertiary/aromatic N) is 2. The summed E-state index contributed by atoms with van der Waals surface area (Å²) in [5, 5.41) is 7.28. The van der Waals surface area contributed by atoms with E-state index in [0.29, 0.717) is 18.8 Å². The van der Waals surface area contributed by atoms with Crippen molar-refractivity contribution in [1.29, 1.82) is 5.41 Å². The van der Waals surface area contributed by atoms with Gasteiger partial charge in [0.15, 0.2) is 0 Å². The molecule has 1 heterocycles. The summed E-state index contributed by atoms with van der Waals surface area (Å²) in [6.07, 6.45) is -4.51. The van der Waals surface area contributed by atoms with Gasteiger partial charge in [-0.1, -0.05) is 6.92 Å². The van der Waals surface area contributed by atoms with E-state index in [1.54, 1.807) is 6.07 Å². The van der Waals surface area contributed by atoms with Gasteiger partial charge in [0.1, 0.15) is 5.84 Å². The molecule has 1 aromatic carbocycles. The number of likely N-dealkylation sites (N-methyl/N-ethyl adjacent to an activating group) is 1. The molecule has 0 saturated carbocycles. The number of hydrogen-bond acceptors (Lipinski definition) is 3. The van der Waals surface area contributed by atoms with Crippen molar-refractivity contribution in [3.63, 3.8) is 0 Å². The molecule has 116 valence electrons. The SMILES string of the molecule is CCN1CCN(c2ccc(C(=N)N)c(C(F)(F)F)c2)CC1. The van der Waals surface area contributed by atoms with Crippen molar-refractivity contribution in [2.45, 2.75) is 13.1 Å². The van der Waals surface area contributed by atoms with Gasteiger partial charge in [-0.05, 0) is 24.7 Å². The highest BCUT2D eigenvalue weighted by Crippen LogP contribution is 2.34. The smallest absolute Gasteiger partial charge is 0.384 e. The molecule has 0 aromatic heterocycles. The van der Waals surface area contributed by atoms with E-state index < -0.39 is 17.6 Å². The molecule has 0 unspecified atom stereocenters. The van der Waals surface area contributed by atoms with Crippen LogP contribution in [0.4, 0.5) is 18.9 Å². The summed E-state index contributed by atoms with van der Waals surface area (Å²) in [7, 11) is 0. The molecule has 0 bridgehead atoms. The molecule has 1 saturated heterocycles. The number of halogens is 3. The first-order chi connectivity index (χ1) is 9.82. The van der Waals surface area contributed by atoms with Gasteiger partial charge < -0.3 is 15.5 Å². The topological polar surface area (TPSA) is 56.4 Å². The molecule has 0 spiro atoms. The van der Waals surface area contributed by atoms with E-state index in [4.69, 9.17) is 11.1 Å². The highest BCUT2D eigenvalue weighted by atomic mass is 19.4. The average molecular weight is 300 g/mol. The van der Waals surface area contributed by atoms with Crippen molar-refractivity contribution in [2.24, 2.45) is 5.73 Å². The molecule has 21 heavy (non-hydrogen) atoms. The van der Waals surface area contributed by atoms with Crippen LogP contribution in [0, 0.1) is 5.41 Å². The zero-order valence-electron chi connectivity index (χ0n) is 11.9. The Morgan fingerprint density at radius 2 is 1.86 bits per heavy atom. The lowest BCUT2D eigenvalue weighted by Gasteiger charge is -2.35. The minimum Gasteiger partial charge on any atom is -0.384 e. The number of anilines is 1. The van der Waals surface area contributed by atoms with E-state index in [1.807, 2.05) is 4.90 Å². The van der Waals surface area contributed by atoms with Crippen molar-refractivity contribution >= 4 is 11.5 Å². The zero-order chi connectivity index (χ0) is 15.6. The third kappa shape index (κ3) is 3.47. The number of benzene rings is 1. The van der Waals surface area contributed by atoms with E-state index in [2.05, 4.69) is 11.8 Å². The van der Waals surface area contributed by atoms with Crippen LogP contribution < -0.4 is 10.6 Å². The van der Waals surface area contributed by atoms with E-state index >= 15 is 0 Å². The zero-order valence-corrected chi connectivity index (χ0v) is 11.9. The molecule has 2 rings (SSSR count). The van der Waals surface area contributed by atoms with Gasteiger partial charge in [0, 0.05) is 37.4 Å². The van der Waals surface area contributed by atoms with Crippen LogP contribution in [-0.4, -0.2) is 43.5 Å². The second-order valence-electron chi connectivity index (χ2n) is 5.06. The maximum atomic E-state index is 13.1. The van der Waals surface area contributed by atoms with E-state index in [1.165, 1.54) is 6.07 Å². The van der Waals surface area contributed by atoms with Gasteiger partial charge in [-0.25, -0.2) is 0 Å². The second-order valence-corrected chi connectivity index (χ2v) is 5.06. The molecule has 0 radical (unpaired) electrons. The fourth-order valence-corrected chi connectivity index (χ4v) is 2.52. The van der Waals surface area contributed by atoms with Crippen molar-refractivity contribution < 1.29 is 13.2 Å². The number of nitrogens with two attached hydrogens (primary N) is 1. The third-order valence-electron chi connectivity index (χ3n) is 3.78. The molecule has 1 aromatic rings. The number of alkyl halides is 3. The summed E-state index contributed by atoms with van der Waals surface area (Å²) < 4.78 is 39.3. The molecule has 1 aliphatic heterocycles. The molecule has 1 aliphatic rings. The van der Waals surface area contributed by atoms with Gasteiger partial charge in [-0.3, -0.25) is 5.41 Å². The van der Waals surface area contributed by atoms with Gasteiger partial charge >= 0.3 is 6.18 Å². The highest BCUT2D eigenvalue weighted by Gasteiger charge is 2.35. The molecule has 0 atom stereocenters. The normalized spacial score (nSPS) is 17.0. The largest absolute Gasteiger partial charge is 0.417 e. The summed E-state index contributed by atoms with van der Waals surface area (Å²) in [6.45, 7) is 6.09. The third-order valence-corrected chi connectivity index (χ3v) is 3.78. The Hall–Kier alpha value is -1.76. The van der Waals surface area contributed by atoms with E-state index in [-0.39, 0.29) is 5.56 Å². The summed E-state index contributed by atoms with van der Waals surface area (Å²) in [5.74, 6) is -0.565. The fraction of sp³-hybridized carbons (Fsp3) is 0.500. The van der Waals surface area contributed by atoms with E-state index in [0.717, 1.165) is 25.7 Å². The molecular formula is C14H19F3N4. The monoisotopic (exact) mass is 300 g/mol. The first kappa shape index (κ1) is 15.6. The summed E-state index contributed by atoms with van der Waals surface area (Å²) in [4.78, 5) is 4.19. The lowest BCUT2D eigenvalue weighted by molar-refractivity contribution is -0.137. The molecule has 1 fully saturated rings. The lowest BCUT2D eigenvalue weighted by atomic mass is 10.0. The molecule has 0 aliphatic carbocycles. The van der Waals surface area contributed by atoms with Crippen LogP contribution in [0.1, 0.15) is 18.1 Å². The minimum atomic E-state index is -4.51. The number of piperazine rings is 1. The van der Waals surface area contributed by atoms with Crippen LogP contribution in [0.25, 0.3) is 0 Å². The molecule has 3 N–H and O–H groups in total. The first-order valence-corrected chi connectivity index (χ1v) is 6.86. The predicted octanol–water partition coefficient (Wildman–Crippen LogP) is 2.13. The van der Waals surface area contributed by atoms with Crippen LogP contribution in [0.15, 0.2) is 18.2 Å². The van der Waals surface area contributed by atoms with Gasteiger partial charge in [0.2, 0.25) is 0 Å². The molecule has 4 nitrogen and oxygen atoms in total. The number of rotatable bonds is 3.